The number of nitrogens with zero attached hydrogens (tertiary/aromatic N) is 3. The van der Waals surface area contributed by atoms with E-state index in [4.69, 9.17) is 5.14 Å². The van der Waals surface area contributed by atoms with Crippen molar-refractivity contribution in [2.24, 2.45) is 15.1 Å². The standard InChI is InChI=1S/C18H22N6O2S2/c1-11-10-21-17-16(20-2)23-14-9-15(27-18(14)24(11)17)13-5-3-4-12(8-13)6-7-22-28(19,25)26/h3-5,8-11,17,22H,6-7H2,1-2H3,(H,20,23)(H2,19,25,26). The van der Waals surface area contributed by atoms with Crippen LogP contribution < -0.4 is 20.1 Å². The molecule has 0 aliphatic carbocycles. The molecule has 8 nitrogen and oxygen atoms in total. The van der Waals surface area contributed by atoms with Gasteiger partial charge in [-0.05, 0) is 30.5 Å². The lowest BCUT2D eigenvalue weighted by molar-refractivity contribution is 0.583. The van der Waals surface area contributed by atoms with Crippen LogP contribution in [0.15, 0.2) is 40.3 Å². The molecule has 0 saturated carbocycles. The Kier molecular flexibility index (Phi) is 4.96. The minimum atomic E-state index is -3.66. The second-order valence-electron chi connectivity index (χ2n) is 6.77. The van der Waals surface area contributed by atoms with Gasteiger partial charge in [0.2, 0.25) is 0 Å². The lowest BCUT2D eigenvalue weighted by atomic mass is 10.1. The van der Waals surface area contributed by atoms with E-state index in [1.165, 1.54) is 0 Å². The van der Waals surface area contributed by atoms with E-state index in [2.05, 4.69) is 50.0 Å². The molecule has 0 fully saturated rings. The van der Waals surface area contributed by atoms with E-state index >= 15 is 0 Å². The van der Waals surface area contributed by atoms with Gasteiger partial charge in [-0.3, -0.25) is 9.98 Å². The van der Waals surface area contributed by atoms with Crippen molar-refractivity contribution in [3.8, 4) is 10.4 Å². The fraction of sp³-hybridized carbons (Fsp3) is 0.333. The lowest BCUT2D eigenvalue weighted by Gasteiger charge is -2.34. The van der Waals surface area contributed by atoms with Gasteiger partial charge in [0.25, 0.3) is 10.2 Å². The Balaban J connectivity index is 1.60. The highest BCUT2D eigenvalue weighted by molar-refractivity contribution is 7.87. The molecule has 28 heavy (non-hydrogen) atoms. The van der Waals surface area contributed by atoms with Crippen molar-refractivity contribution in [3.05, 3.63) is 35.9 Å². The predicted octanol–water partition coefficient (Wildman–Crippen LogP) is 1.81. The van der Waals surface area contributed by atoms with E-state index in [1.54, 1.807) is 18.4 Å². The summed E-state index contributed by atoms with van der Waals surface area (Å²) in [7, 11) is -1.89. The zero-order chi connectivity index (χ0) is 19.9. The van der Waals surface area contributed by atoms with Crippen LogP contribution in [0.1, 0.15) is 12.5 Å². The molecule has 0 spiro atoms. The Labute approximate surface area is 168 Å². The first-order chi connectivity index (χ1) is 13.4. The zero-order valence-electron chi connectivity index (χ0n) is 15.6. The monoisotopic (exact) mass is 418 g/mol. The summed E-state index contributed by atoms with van der Waals surface area (Å²) in [5, 5.41) is 9.54. The molecular weight excluding hydrogens is 396 g/mol. The lowest BCUT2D eigenvalue weighted by Crippen LogP contribution is -2.46. The van der Waals surface area contributed by atoms with Crippen LogP contribution in [0.5, 0.6) is 0 Å². The number of anilines is 2. The average Bonchev–Trinajstić information content (AvgIpc) is 3.24. The number of hydrogen-bond acceptors (Lipinski definition) is 6. The molecule has 0 radical (unpaired) electrons. The maximum atomic E-state index is 11.0. The second-order valence-corrected chi connectivity index (χ2v) is 9.18. The number of aliphatic imine (C=N–C) groups is 2. The van der Waals surface area contributed by atoms with Crippen molar-refractivity contribution >= 4 is 44.3 Å². The number of amidine groups is 1. The molecule has 10 heteroatoms. The van der Waals surface area contributed by atoms with E-state index in [0.29, 0.717) is 6.42 Å². The third-order valence-electron chi connectivity index (χ3n) is 4.77. The van der Waals surface area contributed by atoms with Crippen LogP contribution in [0.3, 0.4) is 0 Å². The molecule has 4 rings (SSSR count). The average molecular weight is 419 g/mol. The minimum absolute atomic E-state index is 0.0883. The van der Waals surface area contributed by atoms with Gasteiger partial charge in [-0.1, -0.05) is 24.3 Å². The summed E-state index contributed by atoms with van der Waals surface area (Å²) in [5.74, 6) is 0.847. The number of hydrogen-bond donors (Lipinski definition) is 3. The van der Waals surface area contributed by atoms with Crippen molar-refractivity contribution in [2.45, 2.75) is 25.6 Å². The molecule has 0 bridgehead atoms. The van der Waals surface area contributed by atoms with E-state index in [0.717, 1.165) is 32.5 Å². The molecule has 1 aromatic heterocycles. The summed E-state index contributed by atoms with van der Waals surface area (Å²) in [6, 6.07) is 10.5. The van der Waals surface area contributed by atoms with Gasteiger partial charge < -0.3 is 10.2 Å². The predicted molar refractivity (Wildman–Crippen MR) is 116 cm³/mol. The summed E-state index contributed by atoms with van der Waals surface area (Å²) in [6.45, 7) is 2.40. The smallest absolute Gasteiger partial charge is 0.274 e. The van der Waals surface area contributed by atoms with Gasteiger partial charge in [0, 0.05) is 24.7 Å². The maximum Gasteiger partial charge on any atom is 0.274 e. The zero-order valence-corrected chi connectivity index (χ0v) is 17.2. The molecule has 4 N–H and O–H groups in total. The van der Waals surface area contributed by atoms with Gasteiger partial charge in [-0.15, -0.1) is 11.3 Å². The first-order valence-corrected chi connectivity index (χ1v) is 11.3. The number of rotatable bonds is 5. The first kappa shape index (κ1) is 19.1. The molecule has 2 atom stereocenters. The largest absolute Gasteiger partial charge is 0.338 e. The fourth-order valence-electron chi connectivity index (χ4n) is 3.47. The molecule has 1 aromatic carbocycles. The van der Waals surface area contributed by atoms with E-state index < -0.39 is 10.2 Å². The normalized spacial score (nSPS) is 22.2. The van der Waals surface area contributed by atoms with Crippen LogP contribution >= 0.6 is 11.3 Å². The Morgan fingerprint density at radius 2 is 2.21 bits per heavy atom. The number of thiophene rings is 1. The summed E-state index contributed by atoms with van der Waals surface area (Å²) in [5.41, 5.74) is 3.17. The molecule has 0 saturated heterocycles. The van der Waals surface area contributed by atoms with Crippen molar-refractivity contribution in [3.63, 3.8) is 0 Å². The van der Waals surface area contributed by atoms with Gasteiger partial charge in [-0.25, -0.2) is 9.86 Å². The number of nitrogens with one attached hydrogen (secondary N) is 2. The van der Waals surface area contributed by atoms with Gasteiger partial charge >= 0.3 is 0 Å². The Morgan fingerprint density at radius 1 is 1.39 bits per heavy atom. The number of nitrogens with two attached hydrogens (primary N) is 1. The van der Waals surface area contributed by atoms with Crippen LogP contribution in [0, 0.1) is 0 Å². The van der Waals surface area contributed by atoms with Gasteiger partial charge in [0.05, 0.1) is 11.7 Å². The quantitative estimate of drug-likeness (QED) is 0.687. The Bertz CT molecular complexity index is 1060. The summed E-state index contributed by atoms with van der Waals surface area (Å²) >= 11 is 1.71. The van der Waals surface area contributed by atoms with Crippen LogP contribution in [-0.4, -0.2) is 46.3 Å². The van der Waals surface area contributed by atoms with Crippen LogP contribution in [0.4, 0.5) is 10.7 Å². The summed E-state index contributed by atoms with van der Waals surface area (Å²) < 4.78 is 24.4. The second kappa shape index (κ2) is 7.28. The third-order valence-corrected chi connectivity index (χ3v) is 6.57. The minimum Gasteiger partial charge on any atom is -0.338 e. The molecular formula is C18H22N6O2S2. The first-order valence-electron chi connectivity index (χ1n) is 8.91. The summed E-state index contributed by atoms with van der Waals surface area (Å²) in [6.07, 6.45) is 2.44. The van der Waals surface area contributed by atoms with Crippen molar-refractivity contribution in [1.29, 1.82) is 0 Å². The Morgan fingerprint density at radius 3 is 2.96 bits per heavy atom. The van der Waals surface area contributed by atoms with E-state index in [-0.39, 0.29) is 18.8 Å². The Hall–Kier alpha value is -2.27. The molecule has 0 amide bonds. The van der Waals surface area contributed by atoms with E-state index in [1.807, 2.05) is 18.3 Å². The van der Waals surface area contributed by atoms with Gasteiger partial charge in [0.1, 0.15) is 10.8 Å². The molecule has 148 valence electrons. The molecule has 3 heterocycles. The molecule has 2 aliphatic heterocycles. The number of benzene rings is 1. The van der Waals surface area contributed by atoms with Crippen LogP contribution in [0.25, 0.3) is 10.4 Å². The third kappa shape index (κ3) is 3.68. The van der Waals surface area contributed by atoms with Crippen molar-refractivity contribution in [2.75, 3.05) is 23.8 Å². The maximum absolute atomic E-state index is 11.0. The highest BCUT2D eigenvalue weighted by Gasteiger charge is 2.38. The number of fused-ring (bicyclic) bond motifs is 3. The van der Waals surface area contributed by atoms with Crippen LogP contribution in [-0.2, 0) is 16.6 Å². The van der Waals surface area contributed by atoms with Crippen LogP contribution in [0.2, 0.25) is 0 Å². The molecule has 2 unspecified atom stereocenters. The van der Waals surface area contributed by atoms with E-state index in [9.17, 15) is 8.42 Å². The SMILES string of the molecule is CN=C1Nc2cc(-c3cccc(CCNS(N)(=O)=O)c3)sc2N2C(C)C=NC12. The molecule has 2 aliphatic rings. The van der Waals surface area contributed by atoms with Crippen molar-refractivity contribution in [1.82, 2.24) is 4.72 Å². The topological polar surface area (TPSA) is 112 Å². The fourth-order valence-corrected chi connectivity index (χ4v) is 5.08. The highest BCUT2D eigenvalue weighted by Crippen LogP contribution is 2.46. The summed E-state index contributed by atoms with van der Waals surface area (Å²) in [4.78, 5) is 12.4. The molecule has 2 aromatic rings. The highest BCUT2D eigenvalue weighted by atomic mass is 32.2. The van der Waals surface area contributed by atoms with Gasteiger partial charge in [0.15, 0.2) is 6.17 Å². The van der Waals surface area contributed by atoms with Gasteiger partial charge in [-0.2, -0.15) is 8.42 Å². The van der Waals surface area contributed by atoms with Crippen molar-refractivity contribution < 1.29 is 8.42 Å².